The van der Waals surface area contributed by atoms with Gasteiger partial charge in [0.05, 0.1) is 18.4 Å². The quantitative estimate of drug-likeness (QED) is 0.656. The third-order valence-corrected chi connectivity index (χ3v) is 4.27. The van der Waals surface area contributed by atoms with Crippen molar-refractivity contribution in [2.45, 2.75) is 26.8 Å². The molecule has 0 bridgehead atoms. The van der Waals surface area contributed by atoms with E-state index in [2.05, 4.69) is 15.6 Å². The number of anilines is 1. The molecule has 0 fully saturated rings. The SMILES string of the molecule is Cc1cccc(C)c1NC(=O)COC(=O)CCn1nnc2ccccc2c1=O. The number of rotatable bonds is 6. The van der Waals surface area contributed by atoms with E-state index in [4.69, 9.17) is 4.74 Å². The summed E-state index contributed by atoms with van der Waals surface area (Å²) in [6.07, 6.45) is -0.0937. The first-order valence-corrected chi connectivity index (χ1v) is 8.80. The second-order valence-electron chi connectivity index (χ2n) is 6.36. The maximum atomic E-state index is 12.3. The second kappa shape index (κ2) is 8.43. The predicted molar refractivity (Wildman–Crippen MR) is 104 cm³/mol. The lowest BCUT2D eigenvalue weighted by Crippen LogP contribution is -2.27. The van der Waals surface area contributed by atoms with Crippen molar-refractivity contribution in [1.82, 2.24) is 15.0 Å². The van der Waals surface area contributed by atoms with Gasteiger partial charge in [0.15, 0.2) is 6.61 Å². The number of carbonyl (C=O) groups excluding carboxylic acids is 2. The Balaban J connectivity index is 1.53. The van der Waals surface area contributed by atoms with E-state index >= 15 is 0 Å². The Morgan fingerprint density at radius 2 is 1.79 bits per heavy atom. The van der Waals surface area contributed by atoms with Gasteiger partial charge in [0.1, 0.15) is 5.52 Å². The number of amides is 1. The molecule has 144 valence electrons. The number of para-hydroxylation sites is 1. The molecule has 0 atom stereocenters. The van der Waals surface area contributed by atoms with Crippen LogP contribution in [-0.4, -0.2) is 33.5 Å². The third kappa shape index (κ3) is 4.40. The number of aromatic nitrogens is 3. The first-order valence-electron chi connectivity index (χ1n) is 8.80. The van der Waals surface area contributed by atoms with Crippen molar-refractivity contribution in [2.75, 3.05) is 11.9 Å². The summed E-state index contributed by atoms with van der Waals surface area (Å²) in [7, 11) is 0. The van der Waals surface area contributed by atoms with Gasteiger partial charge in [0.25, 0.3) is 11.5 Å². The van der Waals surface area contributed by atoms with Gasteiger partial charge in [-0.25, -0.2) is 4.68 Å². The van der Waals surface area contributed by atoms with Crippen LogP contribution in [0.1, 0.15) is 17.5 Å². The van der Waals surface area contributed by atoms with Crippen LogP contribution in [0.25, 0.3) is 10.9 Å². The highest BCUT2D eigenvalue weighted by Crippen LogP contribution is 2.19. The minimum atomic E-state index is -0.599. The molecule has 2 aromatic carbocycles. The van der Waals surface area contributed by atoms with E-state index in [9.17, 15) is 14.4 Å². The number of esters is 1. The van der Waals surface area contributed by atoms with Crippen LogP contribution in [0.5, 0.6) is 0 Å². The highest BCUT2D eigenvalue weighted by Gasteiger charge is 2.12. The minimum absolute atomic E-state index is 0.0218. The zero-order valence-electron chi connectivity index (χ0n) is 15.6. The number of ether oxygens (including phenoxy) is 1. The number of hydrogen-bond donors (Lipinski definition) is 1. The number of aryl methyl sites for hydroxylation is 3. The Morgan fingerprint density at radius 1 is 1.07 bits per heavy atom. The lowest BCUT2D eigenvalue weighted by Gasteiger charge is -2.11. The molecule has 0 aliphatic heterocycles. The summed E-state index contributed by atoms with van der Waals surface area (Å²) in [5.41, 5.74) is 2.73. The van der Waals surface area contributed by atoms with E-state index in [0.717, 1.165) is 15.8 Å². The summed E-state index contributed by atoms with van der Waals surface area (Å²) in [6, 6.07) is 12.5. The fraction of sp³-hybridized carbons (Fsp3) is 0.250. The van der Waals surface area contributed by atoms with Crippen molar-refractivity contribution in [3.63, 3.8) is 0 Å². The number of fused-ring (bicyclic) bond motifs is 1. The van der Waals surface area contributed by atoms with Gasteiger partial charge in [-0.2, -0.15) is 0 Å². The average molecular weight is 380 g/mol. The van der Waals surface area contributed by atoms with Gasteiger partial charge in [-0.1, -0.05) is 35.5 Å². The molecule has 0 saturated carbocycles. The van der Waals surface area contributed by atoms with Gasteiger partial charge in [-0.3, -0.25) is 14.4 Å². The Labute approximate surface area is 161 Å². The van der Waals surface area contributed by atoms with Crippen molar-refractivity contribution in [3.05, 3.63) is 63.9 Å². The minimum Gasteiger partial charge on any atom is -0.456 e. The van der Waals surface area contributed by atoms with Crippen LogP contribution < -0.4 is 10.9 Å². The molecule has 1 heterocycles. The van der Waals surface area contributed by atoms with Gasteiger partial charge < -0.3 is 10.1 Å². The van der Waals surface area contributed by atoms with Gasteiger partial charge in [-0.15, -0.1) is 5.10 Å². The molecule has 8 heteroatoms. The topological polar surface area (TPSA) is 103 Å². The Hall–Kier alpha value is -3.55. The van der Waals surface area contributed by atoms with Crippen molar-refractivity contribution in [1.29, 1.82) is 0 Å². The van der Waals surface area contributed by atoms with Crippen molar-refractivity contribution < 1.29 is 14.3 Å². The summed E-state index contributed by atoms with van der Waals surface area (Å²) < 4.78 is 6.10. The molecular weight excluding hydrogens is 360 g/mol. The molecular formula is C20H20N4O4. The van der Waals surface area contributed by atoms with E-state index in [1.807, 2.05) is 32.0 Å². The molecule has 0 aliphatic rings. The number of nitrogens with zero attached hydrogens (tertiary/aromatic N) is 3. The van der Waals surface area contributed by atoms with Gasteiger partial charge in [-0.05, 0) is 37.1 Å². The third-order valence-electron chi connectivity index (χ3n) is 4.27. The Bertz CT molecular complexity index is 1070. The summed E-state index contributed by atoms with van der Waals surface area (Å²) in [4.78, 5) is 36.3. The van der Waals surface area contributed by atoms with Gasteiger partial charge >= 0.3 is 5.97 Å². The normalized spacial score (nSPS) is 10.6. The molecule has 0 aliphatic carbocycles. The smallest absolute Gasteiger partial charge is 0.308 e. The van der Waals surface area contributed by atoms with Crippen molar-refractivity contribution >= 4 is 28.5 Å². The molecule has 28 heavy (non-hydrogen) atoms. The fourth-order valence-corrected chi connectivity index (χ4v) is 2.77. The van der Waals surface area contributed by atoms with Gasteiger partial charge in [0.2, 0.25) is 0 Å². The summed E-state index contributed by atoms with van der Waals surface area (Å²) in [6.45, 7) is 3.40. The molecule has 1 aromatic heterocycles. The fourth-order valence-electron chi connectivity index (χ4n) is 2.77. The first-order chi connectivity index (χ1) is 13.5. The molecule has 0 radical (unpaired) electrons. The van der Waals surface area contributed by atoms with E-state index < -0.39 is 18.5 Å². The standard InChI is InChI=1S/C20H20N4O4/c1-13-6-5-7-14(2)19(13)21-17(25)12-28-18(26)10-11-24-20(27)15-8-3-4-9-16(15)22-23-24/h3-9H,10-12H2,1-2H3,(H,21,25). The van der Waals surface area contributed by atoms with Crippen LogP contribution in [0.2, 0.25) is 0 Å². The zero-order chi connectivity index (χ0) is 20.1. The maximum absolute atomic E-state index is 12.3. The largest absolute Gasteiger partial charge is 0.456 e. The Kier molecular flexibility index (Phi) is 5.78. The molecule has 1 N–H and O–H groups in total. The first kappa shape index (κ1) is 19.2. The van der Waals surface area contributed by atoms with E-state index in [1.54, 1.807) is 24.3 Å². The molecule has 0 spiro atoms. The molecule has 0 saturated heterocycles. The van der Waals surface area contributed by atoms with E-state index in [0.29, 0.717) is 16.6 Å². The Morgan fingerprint density at radius 3 is 2.54 bits per heavy atom. The molecule has 8 nitrogen and oxygen atoms in total. The summed E-state index contributed by atoms with van der Waals surface area (Å²) in [5, 5.41) is 10.9. The van der Waals surface area contributed by atoms with Crippen molar-refractivity contribution in [3.8, 4) is 0 Å². The molecule has 1 amide bonds. The van der Waals surface area contributed by atoms with E-state index in [-0.39, 0.29) is 18.5 Å². The number of nitrogens with one attached hydrogen (secondary N) is 1. The lowest BCUT2D eigenvalue weighted by atomic mass is 10.1. The summed E-state index contributed by atoms with van der Waals surface area (Å²) >= 11 is 0. The maximum Gasteiger partial charge on any atom is 0.308 e. The van der Waals surface area contributed by atoms with Crippen LogP contribution in [0.15, 0.2) is 47.3 Å². The molecule has 3 aromatic rings. The lowest BCUT2D eigenvalue weighted by molar-refractivity contribution is -0.147. The highest BCUT2D eigenvalue weighted by atomic mass is 16.5. The van der Waals surface area contributed by atoms with Crippen molar-refractivity contribution in [2.24, 2.45) is 0 Å². The number of hydrogen-bond acceptors (Lipinski definition) is 6. The van der Waals surface area contributed by atoms with Crippen LogP contribution in [0.4, 0.5) is 5.69 Å². The molecule has 3 rings (SSSR count). The summed E-state index contributed by atoms with van der Waals surface area (Å²) in [5.74, 6) is -1.02. The van der Waals surface area contributed by atoms with Crippen LogP contribution in [0.3, 0.4) is 0 Å². The predicted octanol–water partition coefficient (Wildman–Crippen LogP) is 1.98. The van der Waals surface area contributed by atoms with E-state index in [1.165, 1.54) is 0 Å². The van der Waals surface area contributed by atoms with Crippen LogP contribution in [0, 0.1) is 13.8 Å². The highest BCUT2D eigenvalue weighted by molar-refractivity contribution is 5.94. The second-order valence-corrected chi connectivity index (χ2v) is 6.36. The number of benzene rings is 2. The number of carbonyl (C=O) groups is 2. The molecule has 0 unspecified atom stereocenters. The monoisotopic (exact) mass is 380 g/mol. The van der Waals surface area contributed by atoms with Gasteiger partial charge in [0, 0.05) is 5.69 Å². The average Bonchev–Trinajstić information content (AvgIpc) is 2.69. The zero-order valence-corrected chi connectivity index (χ0v) is 15.6. The van der Waals surface area contributed by atoms with Crippen LogP contribution in [-0.2, 0) is 20.9 Å². The van der Waals surface area contributed by atoms with Crippen LogP contribution >= 0.6 is 0 Å².